The lowest BCUT2D eigenvalue weighted by Crippen LogP contribution is -2.45. The predicted octanol–water partition coefficient (Wildman–Crippen LogP) is 3.43. The lowest BCUT2D eigenvalue weighted by molar-refractivity contribution is -0.131. The van der Waals surface area contributed by atoms with Crippen molar-refractivity contribution in [3.63, 3.8) is 0 Å². The highest BCUT2D eigenvalue weighted by Crippen LogP contribution is 2.28. The molecule has 128 valence electrons. The molecular formula is C17H23Cl2FN2O. The van der Waals surface area contributed by atoms with Crippen LogP contribution in [-0.2, 0) is 11.2 Å². The van der Waals surface area contributed by atoms with E-state index in [0.717, 1.165) is 38.4 Å². The monoisotopic (exact) mass is 360 g/mol. The van der Waals surface area contributed by atoms with Gasteiger partial charge in [-0.1, -0.05) is 17.7 Å². The maximum atomic E-state index is 13.8. The fourth-order valence-electron chi connectivity index (χ4n) is 2.95. The molecule has 0 aromatic heterocycles. The first-order chi connectivity index (χ1) is 10.6. The van der Waals surface area contributed by atoms with Crippen molar-refractivity contribution in [2.45, 2.75) is 38.1 Å². The molecule has 1 amide bonds. The molecule has 1 aliphatic heterocycles. The van der Waals surface area contributed by atoms with E-state index in [-0.39, 0.29) is 24.7 Å². The zero-order valence-electron chi connectivity index (χ0n) is 13.1. The van der Waals surface area contributed by atoms with Gasteiger partial charge in [0.05, 0.1) is 6.42 Å². The molecule has 1 saturated heterocycles. The highest BCUT2D eigenvalue weighted by Gasteiger charge is 2.26. The molecular weight excluding hydrogens is 338 g/mol. The number of hydrogen-bond donors (Lipinski definition) is 1. The molecule has 23 heavy (non-hydrogen) atoms. The Kier molecular flexibility index (Phi) is 6.69. The molecule has 0 atom stereocenters. The van der Waals surface area contributed by atoms with Gasteiger partial charge in [-0.25, -0.2) is 4.39 Å². The van der Waals surface area contributed by atoms with Crippen molar-refractivity contribution >= 4 is 29.9 Å². The van der Waals surface area contributed by atoms with Crippen LogP contribution < -0.4 is 5.32 Å². The lowest BCUT2D eigenvalue weighted by atomic mass is 10.0. The van der Waals surface area contributed by atoms with Crippen LogP contribution in [0.15, 0.2) is 18.2 Å². The number of nitrogens with one attached hydrogen (secondary N) is 1. The Morgan fingerprint density at radius 2 is 1.96 bits per heavy atom. The lowest BCUT2D eigenvalue weighted by Gasteiger charge is -2.32. The summed E-state index contributed by atoms with van der Waals surface area (Å²) in [5.74, 6) is 0.442. The Morgan fingerprint density at radius 1 is 1.26 bits per heavy atom. The Morgan fingerprint density at radius 3 is 2.57 bits per heavy atom. The van der Waals surface area contributed by atoms with Gasteiger partial charge in [0, 0.05) is 29.7 Å². The van der Waals surface area contributed by atoms with E-state index in [4.69, 9.17) is 11.6 Å². The number of nitrogens with zero attached hydrogens (tertiary/aromatic N) is 1. The average Bonchev–Trinajstić information content (AvgIpc) is 3.34. The summed E-state index contributed by atoms with van der Waals surface area (Å²) >= 11 is 5.99. The topological polar surface area (TPSA) is 32.3 Å². The number of hydrogen-bond acceptors (Lipinski definition) is 2. The first kappa shape index (κ1) is 18.5. The van der Waals surface area contributed by atoms with Crippen molar-refractivity contribution in [3.8, 4) is 0 Å². The molecule has 0 spiro atoms. The minimum Gasteiger partial charge on any atom is -0.342 e. The quantitative estimate of drug-likeness (QED) is 0.872. The summed E-state index contributed by atoms with van der Waals surface area (Å²) in [7, 11) is 0. The standard InChI is InChI=1S/C17H22ClFN2O.ClH/c18-15-2-1-3-16(19)14(15)10-17(22)21-8-6-13(7-9-21)20-11-12-4-5-12;/h1-3,12-13,20H,4-11H2;1H. The molecule has 6 heteroatoms. The molecule has 0 unspecified atom stereocenters. The molecule has 1 aromatic carbocycles. The molecule has 0 radical (unpaired) electrons. The summed E-state index contributed by atoms with van der Waals surface area (Å²) in [6, 6.07) is 5.05. The summed E-state index contributed by atoms with van der Waals surface area (Å²) in [6.45, 7) is 2.60. The number of piperidine rings is 1. The van der Waals surface area contributed by atoms with Crippen molar-refractivity contribution in [2.24, 2.45) is 5.92 Å². The van der Waals surface area contributed by atoms with Crippen LogP contribution in [0.2, 0.25) is 5.02 Å². The van der Waals surface area contributed by atoms with Crippen LogP contribution in [0, 0.1) is 11.7 Å². The Bertz CT molecular complexity index is 523. The van der Waals surface area contributed by atoms with Crippen molar-refractivity contribution in [2.75, 3.05) is 19.6 Å². The molecule has 1 aromatic rings. The van der Waals surface area contributed by atoms with Crippen LogP contribution in [-0.4, -0.2) is 36.5 Å². The van der Waals surface area contributed by atoms with E-state index in [1.807, 2.05) is 4.90 Å². The van der Waals surface area contributed by atoms with Gasteiger partial charge in [0.25, 0.3) is 0 Å². The highest BCUT2D eigenvalue weighted by atomic mass is 35.5. The number of halogens is 3. The van der Waals surface area contributed by atoms with E-state index in [1.165, 1.54) is 18.9 Å². The average molecular weight is 361 g/mol. The number of likely N-dealkylation sites (tertiary alicyclic amines) is 1. The van der Waals surface area contributed by atoms with Crippen molar-refractivity contribution in [1.82, 2.24) is 10.2 Å². The molecule has 1 heterocycles. The van der Waals surface area contributed by atoms with E-state index in [1.54, 1.807) is 12.1 Å². The smallest absolute Gasteiger partial charge is 0.227 e. The van der Waals surface area contributed by atoms with Gasteiger partial charge in [-0.15, -0.1) is 12.4 Å². The van der Waals surface area contributed by atoms with Gasteiger partial charge in [0.2, 0.25) is 5.91 Å². The van der Waals surface area contributed by atoms with Crippen LogP contribution in [0.3, 0.4) is 0 Å². The van der Waals surface area contributed by atoms with Crippen LogP contribution in [0.1, 0.15) is 31.2 Å². The molecule has 3 rings (SSSR count). The Hall–Kier alpha value is -0.840. The van der Waals surface area contributed by atoms with E-state index in [0.29, 0.717) is 16.6 Å². The minimum atomic E-state index is -0.401. The van der Waals surface area contributed by atoms with Crippen LogP contribution in [0.5, 0.6) is 0 Å². The maximum absolute atomic E-state index is 13.8. The molecule has 1 saturated carbocycles. The molecule has 3 nitrogen and oxygen atoms in total. The van der Waals surface area contributed by atoms with Crippen LogP contribution in [0.4, 0.5) is 4.39 Å². The van der Waals surface area contributed by atoms with Gasteiger partial charge in [0.1, 0.15) is 5.82 Å². The van der Waals surface area contributed by atoms with Gasteiger partial charge in [-0.05, 0) is 50.3 Å². The Labute approximate surface area is 148 Å². The van der Waals surface area contributed by atoms with E-state index < -0.39 is 5.82 Å². The third kappa shape index (κ3) is 5.07. The van der Waals surface area contributed by atoms with Gasteiger partial charge in [0.15, 0.2) is 0 Å². The zero-order chi connectivity index (χ0) is 15.5. The molecule has 0 bridgehead atoms. The fourth-order valence-corrected chi connectivity index (χ4v) is 3.18. The number of carbonyl (C=O) groups excluding carboxylic acids is 1. The second-order valence-corrected chi connectivity index (χ2v) is 6.79. The summed E-state index contributed by atoms with van der Waals surface area (Å²) < 4.78 is 13.8. The summed E-state index contributed by atoms with van der Waals surface area (Å²) in [6.07, 6.45) is 4.71. The van der Waals surface area contributed by atoms with Gasteiger partial charge < -0.3 is 10.2 Å². The van der Waals surface area contributed by atoms with Crippen LogP contribution >= 0.6 is 24.0 Å². The third-order valence-electron chi connectivity index (χ3n) is 4.63. The highest BCUT2D eigenvalue weighted by molar-refractivity contribution is 6.31. The third-order valence-corrected chi connectivity index (χ3v) is 4.98. The Balaban J connectivity index is 0.00000192. The van der Waals surface area contributed by atoms with Crippen molar-refractivity contribution < 1.29 is 9.18 Å². The van der Waals surface area contributed by atoms with Gasteiger partial charge in [-0.2, -0.15) is 0 Å². The van der Waals surface area contributed by atoms with Crippen LogP contribution in [0.25, 0.3) is 0 Å². The molecule has 2 fully saturated rings. The molecule has 1 aliphatic carbocycles. The second kappa shape index (κ2) is 8.32. The summed E-state index contributed by atoms with van der Waals surface area (Å²) in [5, 5.41) is 3.92. The second-order valence-electron chi connectivity index (χ2n) is 6.38. The zero-order valence-corrected chi connectivity index (χ0v) is 14.6. The van der Waals surface area contributed by atoms with Crippen molar-refractivity contribution in [3.05, 3.63) is 34.6 Å². The van der Waals surface area contributed by atoms with E-state index >= 15 is 0 Å². The number of carbonyl (C=O) groups is 1. The molecule has 2 aliphatic rings. The normalized spacial score (nSPS) is 18.6. The van der Waals surface area contributed by atoms with E-state index in [2.05, 4.69) is 5.32 Å². The predicted molar refractivity (Wildman–Crippen MR) is 92.7 cm³/mol. The first-order valence-electron chi connectivity index (χ1n) is 8.07. The largest absolute Gasteiger partial charge is 0.342 e. The van der Waals surface area contributed by atoms with Gasteiger partial charge >= 0.3 is 0 Å². The number of benzene rings is 1. The van der Waals surface area contributed by atoms with Gasteiger partial charge in [-0.3, -0.25) is 4.79 Å². The minimum absolute atomic E-state index is 0. The summed E-state index contributed by atoms with van der Waals surface area (Å²) in [4.78, 5) is 14.2. The van der Waals surface area contributed by atoms with E-state index in [9.17, 15) is 9.18 Å². The first-order valence-corrected chi connectivity index (χ1v) is 8.45. The number of amides is 1. The maximum Gasteiger partial charge on any atom is 0.227 e. The van der Waals surface area contributed by atoms with Crippen molar-refractivity contribution in [1.29, 1.82) is 0 Å². The summed E-state index contributed by atoms with van der Waals surface area (Å²) in [5.41, 5.74) is 0.308. The molecule has 1 N–H and O–H groups in total. The number of rotatable bonds is 5. The fraction of sp³-hybridized carbons (Fsp3) is 0.588. The SMILES string of the molecule is Cl.O=C(Cc1c(F)cccc1Cl)N1CCC(NCC2CC2)CC1.